The Kier molecular flexibility index (Phi) is 5.83. The number of pyridine rings is 1. The lowest BCUT2D eigenvalue weighted by atomic mass is 9.99. The van der Waals surface area contributed by atoms with Crippen molar-refractivity contribution in [2.45, 2.75) is 19.8 Å². The first-order valence-electron chi connectivity index (χ1n) is 8.57. The number of fused-ring (bicyclic) bond motifs is 1. The average Bonchev–Trinajstić information content (AvgIpc) is 2.68. The third kappa shape index (κ3) is 3.66. The van der Waals surface area contributed by atoms with Crippen LogP contribution in [0.25, 0.3) is 15.7 Å². The van der Waals surface area contributed by atoms with E-state index >= 15 is 0 Å². The van der Waals surface area contributed by atoms with Gasteiger partial charge in [0.1, 0.15) is 11.5 Å². The van der Waals surface area contributed by atoms with Crippen molar-refractivity contribution in [3.05, 3.63) is 57.5 Å². The van der Waals surface area contributed by atoms with Gasteiger partial charge in [-0.25, -0.2) is 4.85 Å². The van der Waals surface area contributed by atoms with E-state index in [-0.39, 0.29) is 5.92 Å². The highest BCUT2D eigenvalue weighted by Crippen LogP contribution is 2.42. The maximum absolute atomic E-state index is 7.54. The molecule has 28 heavy (non-hydrogen) atoms. The lowest BCUT2D eigenvalue weighted by Crippen LogP contribution is -1.99. The van der Waals surface area contributed by atoms with Crippen LogP contribution in [0.5, 0.6) is 11.5 Å². The van der Waals surface area contributed by atoms with Gasteiger partial charge in [0.25, 0.3) is 0 Å². The number of halogens is 2. The second-order valence-electron chi connectivity index (χ2n) is 6.49. The highest BCUT2D eigenvalue weighted by atomic mass is 35.5. The minimum Gasteiger partial charge on any atom is -0.496 e. The Morgan fingerprint density at radius 1 is 1.04 bits per heavy atom. The van der Waals surface area contributed by atoms with E-state index in [4.69, 9.17) is 39.2 Å². The summed E-state index contributed by atoms with van der Waals surface area (Å²) >= 11 is 12.5. The van der Waals surface area contributed by atoms with Crippen LogP contribution in [-0.4, -0.2) is 19.2 Å². The van der Waals surface area contributed by atoms with E-state index in [1.54, 1.807) is 25.4 Å². The fourth-order valence-corrected chi connectivity index (χ4v) is 3.49. The van der Waals surface area contributed by atoms with Gasteiger partial charge in [-0.2, -0.15) is 0 Å². The minimum atomic E-state index is 0.271. The topological polar surface area (TPSA) is 47.7 Å². The zero-order valence-electron chi connectivity index (χ0n) is 15.9. The van der Waals surface area contributed by atoms with Gasteiger partial charge >= 0.3 is 0 Å². The molecule has 1 heterocycles. The largest absolute Gasteiger partial charge is 0.496 e. The van der Waals surface area contributed by atoms with Gasteiger partial charge in [-0.1, -0.05) is 37.0 Å². The van der Waals surface area contributed by atoms with Crippen LogP contribution < -0.4 is 14.8 Å². The number of nitrogens with one attached hydrogen (secondary N) is 1. The summed E-state index contributed by atoms with van der Waals surface area (Å²) in [5, 5.41) is 4.84. The Labute approximate surface area is 174 Å². The number of ether oxygens (including phenoxy) is 2. The molecule has 0 saturated heterocycles. The standard InChI is InChI=1S/C21H19Cl2N3O2/c1-11(2)12-6-16-13(7-19(12)27-4)21(18(24-3)10-25-16)26-17-9-20(28-5)15(23)8-14(17)22/h6-11H,1-2,4-5H3,(H,25,26). The van der Waals surface area contributed by atoms with E-state index in [1.807, 2.05) is 12.1 Å². The molecule has 0 bridgehead atoms. The zero-order chi connectivity index (χ0) is 20.4. The number of benzene rings is 2. The number of methoxy groups -OCH3 is 2. The summed E-state index contributed by atoms with van der Waals surface area (Å²) in [5.74, 6) is 1.50. The first-order chi connectivity index (χ1) is 13.4. The molecule has 0 atom stereocenters. The summed E-state index contributed by atoms with van der Waals surface area (Å²) in [6.07, 6.45) is 1.55. The van der Waals surface area contributed by atoms with Gasteiger partial charge in [0.05, 0.1) is 47.7 Å². The molecule has 144 valence electrons. The predicted octanol–water partition coefficient (Wildman–Crippen LogP) is 6.98. The highest BCUT2D eigenvalue weighted by molar-refractivity contribution is 6.37. The highest BCUT2D eigenvalue weighted by Gasteiger charge is 2.17. The summed E-state index contributed by atoms with van der Waals surface area (Å²) in [6.45, 7) is 11.7. The Bertz CT molecular complexity index is 1090. The third-order valence-electron chi connectivity index (χ3n) is 4.44. The van der Waals surface area contributed by atoms with Gasteiger partial charge < -0.3 is 14.8 Å². The molecule has 0 saturated carbocycles. The lowest BCUT2D eigenvalue weighted by Gasteiger charge is -2.17. The van der Waals surface area contributed by atoms with Gasteiger partial charge in [0.2, 0.25) is 5.69 Å². The molecule has 0 aliphatic carbocycles. The molecular formula is C21H19Cl2N3O2. The normalized spacial score (nSPS) is 10.8. The number of anilines is 2. The van der Waals surface area contributed by atoms with Crippen LogP contribution in [0.2, 0.25) is 10.0 Å². The van der Waals surface area contributed by atoms with Crippen molar-refractivity contribution in [3.63, 3.8) is 0 Å². The molecule has 3 aromatic rings. The van der Waals surface area contributed by atoms with Crippen LogP contribution in [-0.2, 0) is 0 Å². The van der Waals surface area contributed by atoms with E-state index in [0.29, 0.717) is 32.9 Å². The molecule has 0 fully saturated rings. The Morgan fingerprint density at radius 2 is 1.75 bits per heavy atom. The molecule has 0 aliphatic heterocycles. The molecule has 0 spiro atoms. The quantitative estimate of drug-likeness (QED) is 0.456. The molecule has 7 heteroatoms. The van der Waals surface area contributed by atoms with Crippen LogP contribution in [0.3, 0.4) is 0 Å². The van der Waals surface area contributed by atoms with Gasteiger partial charge in [-0.15, -0.1) is 0 Å². The average molecular weight is 416 g/mol. The molecule has 3 rings (SSSR count). The zero-order valence-corrected chi connectivity index (χ0v) is 17.4. The summed E-state index contributed by atoms with van der Waals surface area (Å²) in [7, 11) is 3.16. The molecule has 1 aromatic heterocycles. The second kappa shape index (κ2) is 8.14. The van der Waals surface area contributed by atoms with Crippen molar-refractivity contribution in [2.75, 3.05) is 19.5 Å². The van der Waals surface area contributed by atoms with Crippen molar-refractivity contribution in [1.82, 2.24) is 4.98 Å². The SMILES string of the molecule is [C-]#[N+]c1cnc2cc(C(C)C)c(OC)cc2c1Nc1cc(OC)c(Cl)cc1Cl. The Balaban J connectivity index is 2.23. The summed E-state index contributed by atoms with van der Waals surface area (Å²) in [4.78, 5) is 8.06. The molecule has 2 aromatic carbocycles. The Morgan fingerprint density at radius 3 is 2.36 bits per heavy atom. The third-order valence-corrected chi connectivity index (χ3v) is 5.05. The Hall–Kier alpha value is -2.68. The maximum atomic E-state index is 7.54. The predicted molar refractivity (Wildman–Crippen MR) is 115 cm³/mol. The number of rotatable bonds is 5. The second-order valence-corrected chi connectivity index (χ2v) is 7.30. The molecule has 5 nitrogen and oxygen atoms in total. The van der Waals surface area contributed by atoms with Crippen molar-refractivity contribution in [2.24, 2.45) is 0 Å². The summed E-state index contributed by atoms with van der Waals surface area (Å²) < 4.78 is 10.9. The smallest absolute Gasteiger partial charge is 0.228 e. The number of hydrogen-bond donors (Lipinski definition) is 1. The first-order valence-corrected chi connectivity index (χ1v) is 9.33. The van der Waals surface area contributed by atoms with Crippen LogP contribution in [0.4, 0.5) is 17.1 Å². The van der Waals surface area contributed by atoms with Gasteiger partial charge in [-0.05, 0) is 29.7 Å². The molecule has 0 unspecified atom stereocenters. The molecule has 0 amide bonds. The number of nitrogens with zero attached hydrogens (tertiary/aromatic N) is 2. The number of aromatic nitrogens is 1. The van der Waals surface area contributed by atoms with Gasteiger partial charge in [-0.3, -0.25) is 4.98 Å². The van der Waals surface area contributed by atoms with E-state index in [2.05, 4.69) is 29.0 Å². The van der Waals surface area contributed by atoms with Crippen LogP contribution >= 0.6 is 23.2 Å². The number of hydrogen-bond acceptors (Lipinski definition) is 4. The summed E-state index contributed by atoms with van der Waals surface area (Å²) in [5.41, 5.74) is 3.36. The van der Waals surface area contributed by atoms with Crippen LogP contribution in [0, 0.1) is 6.57 Å². The lowest BCUT2D eigenvalue weighted by molar-refractivity contribution is 0.408. The first kappa shape index (κ1) is 20.1. The van der Waals surface area contributed by atoms with Crippen LogP contribution in [0.1, 0.15) is 25.3 Å². The molecule has 0 aliphatic rings. The molecular weight excluding hydrogens is 397 g/mol. The van der Waals surface area contributed by atoms with E-state index in [9.17, 15) is 0 Å². The van der Waals surface area contributed by atoms with E-state index < -0.39 is 0 Å². The molecule has 0 radical (unpaired) electrons. The summed E-state index contributed by atoms with van der Waals surface area (Å²) in [6, 6.07) is 7.19. The fourth-order valence-electron chi connectivity index (χ4n) is 2.98. The van der Waals surface area contributed by atoms with E-state index in [1.165, 1.54) is 7.11 Å². The fraction of sp³-hybridized carbons (Fsp3) is 0.238. The van der Waals surface area contributed by atoms with Crippen LogP contribution in [0.15, 0.2) is 30.5 Å². The van der Waals surface area contributed by atoms with E-state index in [0.717, 1.165) is 22.2 Å². The van der Waals surface area contributed by atoms with Gasteiger partial charge in [0.15, 0.2) is 0 Å². The van der Waals surface area contributed by atoms with Crippen molar-refractivity contribution in [1.29, 1.82) is 0 Å². The van der Waals surface area contributed by atoms with Crippen molar-refractivity contribution in [3.8, 4) is 11.5 Å². The van der Waals surface area contributed by atoms with Crippen molar-refractivity contribution < 1.29 is 9.47 Å². The van der Waals surface area contributed by atoms with Gasteiger partial charge in [0, 0.05) is 17.6 Å². The maximum Gasteiger partial charge on any atom is 0.228 e. The molecule has 1 N–H and O–H groups in total. The minimum absolute atomic E-state index is 0.271. The monoisotopic (exact) mass is 415 g/mol. The van der Waals surface area contributed by atoms with Crippen molar-refractivity contribution >= 4 is 51.2 Å².